The number of hydrogen-bond donors (Lipinski definition) is 2. The van der Waals surface area contributed by atoms with E-state index in [-0.39, 0.29) is 0 Å². The zero-order chi connectivity index (χ0) is 12.6. The minimum atomic E-state index is -4.46. The zero-order valence-electron chi connectivity index (χ0n) is 8.53. The molecule has 0 radical (unpaired) electrons. The predicted molar refractivity (Wildman–Crippen MR) is 53.2 cm³/mol. The first-order valence-corrected chi connectivity index (χ1v) is 4.80. The molecule has 0 saturated heterocycles. The Kier molecular flexibility index (Phi) is 2.70. The molecule has 1 heterocycles. The molecule has 0 fully saturated rings. The lowest BCUT2D eigenvalue weighted by Gasteiger charge is -2.22. The number of nitrogens with one attached hydrogen (secondary N) is 1. The fraction of sp³-hybridized carbons (Fsp3) is 0.300. The number of hydrogen-bond acceptors (Lipinski definition) is 3. The van der Waals surface area contributed by atoms with E-state index in [4.69, 9.17) is 5.11 Å². The van der Waals surface area contributed by atoms with Crippen LogP contribution < -0.4 is 5.43 Å². The standard InChI is InChI=1S/C10H9F3N2O2/c11-10(12,13)5-15-8(9(16)17)6-3-1-2-4-7(6)14-15/h1-4,8,14H,5H2,(H,16,17). The third-order valence-electron chi connectivity index (χ3n) is 2.41. The van der Waals surface area contributed by atoms with Crippen LogP contribution in [0, 0.1) is 0 Å². The van der Waals surface area contributed by atoms with Crippen molar-refractivity contribution in [3.05, 3.63) is 29.8 Å². The Morgan fingerprint density at radius 3 is 2.65 bits per heavy atom. The molecule has 0 saturated carbocycles. The van der Waals surface area contributed by atoms with Gasteiger partial charge >= 0.3 is 12.1 Å². The molecule has 0 aromatic heterocycles. The van der Waals surface area contributed by atoms with Gasteiger partial charge < -0.3 is 10.5 Å². The minimum Gasteiger partial charge on any atom is -0.480 e. The number of nitrogens with zero attached hydrogens (tertiary/aromatic N) is 1. The Hall–Kier alpha value is -1.76. The van der Waals surface area contributed by atoms with Crippen molar-refractivity contribution in [2.24, 2.45) is 0 Å². The van der Waals surface area contributed by atoms with Gasteiger partial charge in [0.15, 0.2) is 6.04 Å². The third-order valence-corrected chi connectivity index (χ3v) is 2.41. The number of alkyl halides is 3. The third kappa shape index (κ3) is 2.33. The number of hydrazine groups is 1. The minimum absolute atomic E-state index is 0.337. The van der Waals surface area contributed by atoms with Crippen molar-refractivity contribution in [3.63, 3.8) is 0 Å². The Labute approximate surface area is 94.6 Å². The summed E-state index contributed by atoms with van der Waals surface area (Å²) in [6, 6.07) is 4.95. The molecule has 0 amide bonds. The molecule has 1 unspecified atom stereocenters. The van der Waals surface area contributed by atoms with Crippen LogP contribution in [-0.2, 0) is 4.79 Å². The largest absolute Gasteiger partial charge is 0.480 e. The number of para-hydroxylation sites is 1. The molecule has 1 aliphatic heterocycles. The number of aliphatic carboxylic acids is 1. The first kappa shape index (κ1) is 11.7. The molecule has 0 bridgehead atoms. The second kappa shape index (κ2) is 3.92. The number of fused-ring (bicyclic) bond motifs is 1. The van der Waals surface area contributed by atoms with Crippen molar-refractivity contribution >= 4 is 11.7 Å². The van der Waals surface area contributed by atoms with E-state index in [0.29, 0.717) is 16.3 Å². The van der Waals surface area contributed by atoms with Crippen LogP contribution >= 0.6 is 0 Å². The van der Waals surface area contributed by atoms with Crippen LogP contribution in [0.25, 0.3) is 0 Å². The molecule has 1 atom stereocenters. The lowest BCUT2D eigenvalue weighted by Crippen LogP contribution is -2.39. The van der Waals surface area contributed by atoms with Gasteiger partial charge in [0, 0.05) is 5.56 Å². The molecule has 2 N–H and O–H groups in total. The van der Waals surface area contributed by atoms with Crippen LogP contribution in [0.2, 0.25) is 0 Å². The molecular formula is C10H9F3N2O2. The highest BCUT2D eigenvalue weighted by Gasteiger charge is 2.41. The Bertz CT molecular complexity index is 447. The summed E-state index contributed by atoms with van der Waals surface area (Å²) < 4.78 is 36.9. The maximum atomic E-state index is 12.3. The van der Waals surface area contributed by atoms with Crippen molar-refractivity contribution in [3.8, 4) is 0 Å². The van der Waals surface area contributed by atoms with E-state index in [1.165, 1.54) is 6.07 Å². The zero-order valence-corrected chi connectivity index (χ0v) is 8.53. The molecule has 2 rings (SSSR count). The maximum Gasteiger partial charge on any atom is 0.403 e. The van der Waals surface area contributed by atoms with Gasteiger partial charge in [-0.05, 0) is 6.07 Å². The number of halogens is 3. The van der Waals surface area contributed by atoms with Crippen LogP contribution in [0.15, 0.2) is 24.3 Å². The lowest BCUT2D eigenvalue weighted by atomic mass is 10.1. The predicted octanol–water partition coefficient (Wildman–Crippen LogP) is 2.02. The number of benzene rings is 1. The van der Waals surface area contributed by atoms with Crippen LogP contribution in [0.5, 0.6) is 0 Å². The van der Waals surface area contributed by atoms with Gasteiger partial charge in [-0.3, -0.25) is 4.79 Å². The summed E-state index contributed by atoms with van der Waals surface area (Å²) in [6.07, 6.45) is -4.46. The van der Waals surface area contributed by atoms with Crippen molar-refractivity contribution in [1.82, 2.24) is 5.01 Å². The number of carboxylic acids is 1. The van der Waals surface area contributed by atoms with Crippen molar-refractivity contribution in [2.75, 3.05) is 12.0 Å². The molecule has 1 aliphatic rings. The second-order valence-corrected chi connectivity index (χ2v) is 3.68. The average Bonchev–Trinajstić information content (AvgIpc) is 2.51. The summed E-state index contributed by atoms with van der Waals surface area (Å²) in [7, 11) is 0. The quantitative estimate of drug-likeness (QED) is 0.838. The SMILES string of the molecule is O=C(O)C1c2ccccc2NN1CC(F)(F)F. The first-order valence-electron chi connectivity index (χ1n) is 4.80. The van der Waals surface area contributed by atoms with Crippen molar-refractivity contribution in [1.29, 1.82) is 0 Å². The highest BCUT2D eigenvalue weighted by atomic mass is 19.4. The Morgan fingerprint density at radius 2 is 2.06 bits per heavy atom. The van der Waals surface area contributed by atoms with Gasteiger partial charge in [0.2, 0.25) is 0 Å². The summed E-state index contributed by atoms with van der Waals surface area (Å²) >= 11 is 0. The molecule has 1 aromatic carbocycles. The monoisotopic (exact) mass is 246 g/mol. The van der Waals surface area contributed by atoms with Gasteiger partial charge in [0.1, 0.15) is 6.54 Å². The first-order chi connectivity index (χ1) is 7.88. The van der Waals surface area contributed by atoms with E-state index >= 15 is 0 Å². The van der Waals surface area contributed by atoms with E-state index in [2.05, 4.69) is 5.43 Å². The Balaban J connectivity index is 2.30. The summed E-state index contributed by atoms with van der Waals surface area (Å²) in [4.78, 5) is 11.0. The molecule has 1 aromatic rings. The van der Waals surface area contributed by atoms with E-state index in [0.717, 1.165) is 0 Å². The lowest BCUT2D eigenvalue weighted by molar-refractivity contribution is -0.157. The fourth-order valence-electron chi connectivity index (χ4n) is 1.81. The fourth-order valence-corrected chi connectivity index (χ4v) is 1.81. The molecule has 7 heteroatoms. The number of anilines is 1. The smallest absolute Gasteiger partial charge is 0.403 e. The van der Waals surface area contributed by atoms with Crippen LogP contribution in [0.1, 0.15) is 11.6 Å². The van der Waals surface area contributed by atoms with Gasteiger partial charge in [-0.2, -0.15) is 18.2 Å². The van der Waals surface area contributed by atoms with E-state index in [1.54, 1.807) is 18.2 Å². The topological polar surface area (TPSA) is 52.6 Å². The van der Waals surface area contributed by atoms with Crippen LogP contribution in [-0.4, -0.2) is 28.8 Å². The molecular weight excluding hydrogens is 237 g/mol. The highest BCUT2D eigenvalue weighted by molar-refractivity contribution is 5.80. The molecule has 0 spiro atoms. The Morgan fingerprint density at radius 1 is 1.41 bits per heavy atom. The molecule has 0 aliphatic carbocycles. The van der Waals surface area contributed by atoms with Gasteiger partial charge in [-0.15, -0.1) is 0 Å². The van der Waals surface area contributed by atoms with Gasteiger partial charge in [-0.25, -0.2) is 0 Å². The summed E-state index contributed by atoms with van der Waals surface area (Å²) in [5, 5.41) is 9.65. The highest BCUT2D eigenvalue weighted by Crippen LogP contribution is 2.36. The number of carbonyl (C=O) groups is 1. The van der Waals surface area contributed by atoms with Gasteiger partial charge in [0.05, 0.1) is 5.69 Å². The van der Waals surface area contributed by atoms with Gasteiger partial charge in [-0.1, -0.05) is 18.2 Å². The normalized spacial score (nSPS) is 19.8. The molecule has 92 valence electrons. The summed E-state index contributed by atoms with van der Waals surface area (Å²) in [5.41, 5.74) is 3.18. The van der Waals surface area contributed by atoms with Gasteiger partial charge in [0.25, 0.3) is 0 Å². The summed E-state index contributed by atoms with van der Waals surface area (Å²) in [6.45, 7) is -1.32. The summed E-state index contributed by atoms with van der Waals surface area (Å²) in [5.74, 6) is -1.31. The number of rotatable bonds is 2. The number of carboxylic acid groups (broad SMARTS) is 1. The maximum absolute atomic E-state index is 12.3. The molecule has 17 heavy (non-hydrogen) atoms. The van der Waals surface area contributed by atoms with Crippen molar-refractivity contribution < 1.29 is 23.1 Å². The van der Waals surface area contributed by atoms with Crippen molar-refractivity contribution in [2.45, 2.75) is 12.2 Å². The van der Waals surface area contributed by atoms with Crippen LogP contribution in [0.4, 0.5) is 18.9 Å². The average molecular weight is 246 g/mol. The van der Waals surface area contributed by atoms with E-state index in [9.17, 15) is 18.0 Å². The second-order valence-electron chi connectivity index (χ2n) is 3.68. The van der Waals surface area contributed by atoms with E-state index < -0.39 is 24.7 Å². The molecule has 4 nitrogen and oxygen atoms in total. The van der Waals surface area contributed by atoms with E-state index in [1.807, 2.05) is 0 Å². The van der Waals surface area contributed by atoms with Crippen LogP contribution in [0.3, 0.4) is 0 Å².